The third-order valence-electron chi connectivity index (χ3n) is 2.52. The number of aromatic nitrogens is 2. The molecule has 16 heavy (non-hydrogen) atoms. The standard InChI is InChI=1S/C11H15ClFN3/c1-7(2)6-16(8-3-4-8)10-9(13)5-14-11(12)15-10/h5,7-8H,3-4,6H2,1-2H3. The van der Waals surface area contributed by atoms with E-state index in [1.807, 2.05) is 4.90 Å². The van der Waals surface area contributed by atoms with E-state index >= 15 is 0 Å². The number of nitrogens with zero attached hydrogens (tertiary/aromatic N) is 3. The van der Waals surface area contributed by atoms with Gasteiger partial charge in [0.05, 0.1) is 6.20 Å². The molecule has 1 saturated carbocycles. The monoisotopic (exact) mass is 243 g/mol. The average Bonchev–Trinajstić information content (AvgIpc) is 3.02. The Morgan fingerprint density at radius 1 is 1.56 bits per heavy atom. The van der Waals surface area contributed by atoms with Gasteiger partial charge in [-0.1, -0.05) is 13.8 Å². The highest BCUT2D eigenvalue weighted by atomic mass is 35.5. The van der Waals surface area contributed by atoms with Crippen LogP contribution in [0.25, 0.3) is 0 Å². The van der Waals surface area contributed by atoms with Crippen molar-refractivity contribution >= 4 is 17.4 Å². The second-order valence-corrected chi connectivity index (χ2v) is 4.93. The van der Waals surface area contributed by atoms with Crippen LogP contribution < -0.4 is 4.90 Å². The van der Waals surface area contributed by atoms with Gasteiger partial charge in [-0.05, 0) is 30.4 Å². The maximum absolute atomic E-state index is 13.6. The molecule has 0 radical (unpaired) electrons. The van der Waals surface area contributed by atoms with Gasteiger partial charge in [0, 0.05) is 12.6 Å². The highest BCUT2D eigenvalue weighted by Gasteiger charge is 2.32. The van der Waals surface area contributed by atoms with Crippen LogP contribution in [-0.4, -0.2) is 22.6 Å². The molecule has 88 valence electrons. The fourth-order valence-corrected chi connectivity index (χ4v) is 1.86. The lowest BCUT2D eigenvalue weighted by atomic mass is 10.2. The molecule has 0 amide bonds. The van der Waals surface area contributed by atoms with Gasteiger partial charge < -0.3 is 4.90 Å². The van der Waals surface area contributed by atoms with Crippen LogP contribution in [0.4, 0.5) is 10.2 Å². The van der Waals surface area contributed by atoms with Crippen molar-refractivity contribution in [2.75, 3.05) is 11.4 Å². The van der Waals surface area contributed by atoms with Crippen LogP contribution in [-0.2, 0) is 0 Å². The van der Waals surface area contributed by atoms with E-state index in [1.165, 1.54) is 0 Å². The maximum Gasteiger partial charge on any atom is 0.224 e. The van der Waals surface area contributed by atoms with Gasteiger partial charge in [0.2, 0.25) is 5.28 Å². The third kappa shape index (κ3) is 2.61. The van der Waals surface area contributed by atoms with Crippen molar-refractivity contribution in [1.29, 1.82) is 0 Å². The summed E-state index contributed by atoms with van der Waals surface area (Å²) in [5.74, 6) is 0.418. The summed E-state index contributed by atoms with van der Waals surface area (Å²) in [4.78, 5) is 9.63. The molecule has 0 saturated heterocycles. The average molecular weight is 244 g/mol. The summed E-state index contributed by atoms with van der Waals surface area (Å²) < 4.78 is 13.6. The summed E-state index contributed by atoms with van der Waals surface area (Å²) >= 11 is 5.71. The smallest absolute Gasteiger partial charge is 0.224 e. The zero-order valence-corrected chi connectivity index (χ0v) is 10.2. The van der Waals surface area contributed by atoms with E-state index in [4.69, 9.17) is 11.6 Å². The molecule has 5 heteroatoms. The molecule has 0 bridgehead atoms. The van der Waals surface area contributed by atoms with Crippen molar-refractivity contribution in [3.05, 3.63) is 17.3 Å². The quantitative estimate of drug-likeness (QED) is 0.762. The fourth-order valence-electron chi connectivity index (χ4n) is 1.73. The van der Waals surface area contributed by atoms with E-state index in [-0.39, 0.29) is 5.28 Å². The molecule has 0 spiro atoms. The van der Waals surface area contributed by atoms with Gasteiger partial charge in [0.25, 0.3) is 0 Å². The Morgan fingerprint density at radius 2 is 2.25 bits per heavy atom. The van der Waals surface area contributed by atoms with Crippen LogP contribution >= 0.6 is 11.6 Å². The Labute approximate surface area is 99.6 Å². The minimum atomic E-state index is -0.392. The minimum absolute atomic E-state index is 0.103. The number of hydrogen-bond acceptors (Lipinski definition) is 3. The van der Waals surface area contributed by atoms with E-state index in [0.29, 0.717) is 17.8 Å². The SMILES string of the molecule is CC(C)CN(c1nc(Cl)ncc1F)C1CC1. The van der Waals surface area contributed by atoms with E-state index in [2.05, 4.69) is 23.8 Å². The van der Waals surface area contributed by atoms with E-state index in [1.54, 1.807) is 0 Å². The first-order valence-electron chi connectivity index (χ1n) is 5.52. The van der Waals surface area contributed by atoms with Gasteiger partial charge >= 0.3 is 0 Å². The Bertz CT molecular complexity index is 379. The predicted molar refractivity (Wildman–Crippen MR) is 62.2 cm³/mol. The number of halogens is 2. The number of rotatable bonds is 4. The molecule has 1 aliphatic carbocycles. The normalized spacial score (nSPS) is 15.6. The zero-order valence-electron chi connectivity index (χ0n) is 9.45. The molecule has 0 unspecified atom stereocenters. The summed E-state index contributed by atoms with van der Waals surface area (Å²) in [6.07, 6.45) is 3.35. The molecule has 1 fully saturated rings. The van der Waals surface area contributed by atoms with Crippen molar-refractivity contribution < 1.29 is 4.39 Å². The fraction of sp³-hybridized carbons (Fsp3) is 0.636. The summed E-state index contributed by atoms with van der Waals surface area (Å²) in [6.45, 7) is 5.01. The van der Waals surface area contributed by atoms with Crippen LogP contribution in [0.5, 0.6) is 0 Å². The molecule has 1 aliphatic rings. The van der Waals surface area contributed by atoms with Crippen molar-refractivity contribution in [3.8, 4) is 0 Å². The Kier molecular flexibility index (Phi) is 3.28. The summed E-state index contributed by atoms with van der Waals surface area (Å²) in [5, 5.41) is 0.103. The molecule has 0 aromatic carbocycles. The molecule has 3 nitrogen and oxygen atoms in total. The van der Waals surface area contributed by atoms with Gasteiger partial charge in [-0.3, -0.25) is 0 Å². The predicted octanol–water partition coefficient (Wildman–Crippen LogP) is 2.89. The Balaban J connectivity index is 2.26. The second-order valence-electron chi connectivity index (χ2n) is 4.59. The van der Waals surface area contributed by atoms with Gasteiger partial charge in [0.15, 0.2) is 11.6 Å². The van der Waals surface area contributed by atoms with Crippen LogP contribution in [0.15, 0.2) is 6.20 Å². The van der Waals surface area contributed by atoms with Crippen molar-refractivity contribution in [2.45, 2.75) is 32.7 Å². The highest BCUT2D eigenvalue weighted by Crippen LogP contribution is 2.32. The van der Waals surface area contributed by atoms with E-state index < -0.39 is 5.82 Å². The first-order chi connectivity index (χ1) is 7.58. The van der Waals surface area contributed by atoms with Gasteiger partial charge in [0.1, 0.15) is 0 Å². The van der Waals surface area contributed by atoms with E-state index in [9.17, 15) is 4.39 Å². The largest absolute Gasteiger partial charge is 0.351 e. The van der Waals surface area contributed by atoms with Crippen LogP contribution in [0.3, 0.4) is 0 Å². The number of anilines is 1. The zero-order chi connectivity index (χ0) is 11.7. The van der Waals surface area contributed by atoms with Crippen LogP contribution in [0, 0.1) is 11.7 Å². The molecule has 0 N–H and O–H groups in total. The summed E-state index contributed by atoms with van der Waals surface area (Å²) in [6, 6.07) is 0.419. The van der Waals surface area contributed by atoms with Gasteiger partial charge in [-0.15, -0.1) is 0 Å². The van der Waals surface area contributed by atoms with Crippen molar-refractivity contribution in [2.24, 2.45) is 5.92 Å². The lowest BCUT2D eigenvalue weighted by Crippen LogP contribution is -2.31. The summed E-state index contributed by atoms with van der Waals surface area (Å²) in [7, 11) is 0. The topological polar surface area (TPSA) is 29.0 Å². The molecule has 1 aromatic rings. The van der Waals surface area contributed by atoms with Crippen LogP contribution in [0.2, 0.25) is 5.28 Å². The third-order valence-corrected chi connectivity index (χ3v) is 2.70. The van der Waals surface area contributed by atoms with Crippen LogP contribution in [0.1, 0.15) is 26.7 Å². The lowest BCUT2D eigenvalue weighted by molar-refractivity contribution is 0.565. The maximum atomic E-state index is 13.6. The first kappa shape index (κ1) is 11.6. The van der Waals surface area contributed by atoms with Crippen molar-refractivity contribution in [3.63, 3.8) is 0 Å². The van der Waals surface area contributed by atoms with Gasteiger partial charge in [-0.25, -0.2) is 9.37 Å². The highest BCUT2D eigenvalue weighted by molar-refractivity contribution is 6.28. The van der Waals surface area contributed by atoms with E-state index in [0.717, 1.165) is 25.6 Å². The Hall–Kier alpha value is -0.900. The molecule has 2 rings (SSSR count). The minimum Gasteiger partial charge on any atom is -0.351 e. The molecular weight excluding hydrogens is 229 g/mol. The molecule has 0 atom stereocenters. The summed E-state index contributed by atoms with van der Waals surface area (Å²) in [5.41, 5.74) is 0. The first-order valence-corrected chi connectivity index (χ1v) is 5.90. The van der Waals surface area contributed by atoms with Crippen molar-refractivity contribution in [1.82, 2.24) is 9.97 Å². The molecule has 1 heterocycles. The molecule has 1 aromatic heterocycles. The number of hydrogen-bond donors (Lipinski definition) is 0. The molecular formula is C11H15ClFN3. The Morgan fingerprint density at radius 3 is 2.81 bits per heavy atom. The second kappa shape index (κ2) is 4.53. The molecule has 0 aliphatic heterocycles. The van der Waals surface area contributed by atoms with Gasteiger partial charge in [-0.2, -0.15) is 4.98 Å². The lowest BCUT2D eigenvalue weighted by Gasteiger charge is -2.25.